The molecule has 2 fully saturated rings. The third-order valence-corrected chi connectivity index (χ3v) is 6.58. The van der Waals surface area contributed by atoms with Crippen molar-refractivity contribution in [1.29, 1.82) is 5.26 Å². The van der Waals surface area contributed by atoms with Crippen molar-refractivity contribution < 1.29 is 4.79 Å². The molecule has 2 aliphatic rings. The van der Waals surface area contributed by atoms with Crippen LogP contribution < -0.4 is 15.5 Å². The zero-order valence-corrected chi connectivity index (χ0v) is 20.3. The molecule has 0 aliphatic carbocycles. The first kappa shape index (κ1) is 24.0. The van der Waals surface area contributed by atoms with E-state index in [1.165, 1.54) is 19.3 Å². The van der Waals surface area contributed by atoms with E-state index in [4.69, 9.17) is 9.97 Å². The number of benzene rings is 1. The van der Waals surface area contributed by atoms with E-state index in [0.717, 1.165) is 68.2 Å². The molecular weight excluding hydrogens is 426 g/mol. The summed E-state index contributed by atoms with van der Waals surface area (Å²) in [6.07, 6.45) is 6.42. The molecule has 0 bridgehead atoms. The molecule has 4 rings (SSSR count). The van der Waals surface area contributed by atoms with E-state index < -0.39 is 0 Å². The largest absolute Gasteiger partial charge is 0.354 e. The summed E-state index contributed by atoms with van der Waals surface area (Å²) >= 11 is 0. The SMILES string of the molecule is CCCc1cc(N2CCC(NC(=O)CN3CCCCC3)C2)nc(Nc2ccc(C)c(C#N)c2)n1. The molecule has 8 heteroatoms. The maximum atomic E-state index is 12.6. The first-order chi connectivity index (χ1) is 16.5. The number of anilines is 3. The molecule has 3 heterocycles. The highest BCUT2D eigenvalue weighted by Gasteiger charge is 2.26. The van der Waals surface area contributed by atoms with E-state index in [1.54, 1.807) is 0 Å². The molecule has 0 spiro atoms. The van der Waals surface area contributed by atoms with Crippen molar-refractivity contribution in [2.24, 2.45) is 0 Å². The van der Waals surface area contributed by atoms with Crippen molar-refractivity contribution >= 4 is 23.4 Å². The number of hydrogen-bond donors (Lipinski definition) is 2. The summed E-state index contributed by atoms with van der Waals surface area (Å²) in [5.41, 5.74) is 3.36. The van der Waals surface area contributed by atoms with Gasteiger partial charge in [0.1, 0.15) is 5.82 Å². The monoisotopic (exact) mass is 461 g/mol. The number of carbonyl (C=O) groups excluding carboxylic acids is 1. The first-order valence-electron chi connectivity index (χ1n) is 12.5. The third kappa shape index (κ3) is 6.23. The van der Waals surface area contributed by atoms with Crippen LogP contribution in [0.1, 0.15) is 55.8 Å². The third-order valence-electron chi connectivity index (χ3n) is 6.58. The van der Waals surface area contributed by atoms with Crippen molar-refractivity contribution in [3.8, 4) is 6.07 Å². The summed E-state index contributed by atoms with van der Waals surface area (Å²) in [5.74, 6) is 1.53. The topological polar surface area (TPSA) is 97.2 Å². The van der Waals surface area contributed by atoms with Gasteiger partial charge in [0.2, 0.25) is 11.9 Å². The Morgan fingerprint density at radius 1 is 1.18 bits per heavy atom. The van der Waals surface area contributed by atoms with E-state index in [1.807, 2.05) is 25.1 Å². The second kappa shape index (κ2) is 11.3. The van der Waals surface area contributed by atoms with Gasteiger partial charge in [-0.1, -0.05) is 25.8 Å². The molecule has 0 radical (unpaired) electrons. The number of aryl methyl sites for hydroxylation is 2. The van der Waals surface area contributed by atoms with Gasteiger partial charge in [0, 0.05) is 36.6 Å². The van der Waals surface area contributed by atoms with Crippen molar-refractivity contribution in [3.05, 3.63) is 41.1 Å². The number of carbonyl (C=O) groups is 1. The molecule has 1 amide bonds. The van der Waals surface area contributed by atoms with E-state index in [-0.39, 0.29) is 11.9 Å². The number of likely N-dealkylation sites (tertiary alicyclic amines) is 1. The molecule has 2 N–H and O–H groups in total. The molecule has 2 aliphatic heterocycles. The maximum absolute atomic E-state index is 12.6. The lowest BCUT2D eigenvalue weighted by Crippen LogP contribution is -2.44. The Bertz CT molecular complexity index is 1040. The van der Waals surface area contributed by atoms with Gasteiger partial charge in [-0.25, -0.2) is 4.98 Å². The normalized spacial score (nSPS) is 18.5. The summed E-state index contributed by atoms with van der Waals surface area (Å²) in [6.45, 7) is 8.21. The standard InChI is InChI=1S/C26H35N7O/c1-3-7-21-15-24(31-26(29-21)30-22-9-8-19(2)20(14-22)16-27)33-13-10-23(17-33)28-25(34)18-32-11-5-4-6-12-32/h8-9,14-15,23H,3-7,10-13,17-18H2,1-2H3,(H,28,34)(H,29,30,31). The molecule has 8 nitrogen and oxygen atoms in total. The van der Waals surface area contributed by atoms with Crippen LogP contribution in [0, 0.1) is 18.3 Å². The summed E-state index contributed by atoms with van der Waals surface area (Å²) in [7, 11) is 0. The molecule has 34 heavy (non-hydrogen) atoms. The number of aromatic nitrogens is 2. The zero-order chi connectivity index (χ0) is 23.9. The summed E-state index contributed by atoms with van der Waals surface area (Å²) < 4.78 is 0. The minimum Gasteiger partial charge on any atom is -0.354 e. The quantitative estimate of drug-likeness (QED) is 0.621. The predicted molar refractivity (Wildman–Crippen MR) is 134 cm³/mol. The fraction of sp³-hybridized carbons (Fsp3) is 0.538. The predicted octanol–water partition coefficient (Wildman–Crippen LogP) is 3.53. The number of amides is 1. The fourth-order valence-corrected chi connectivity index (χ4v) is 4.71. The second-order valence-electron chi connectivity index (χ2n) is 9.39. The highest BCUT2D eigenvalue weighted by atomic mass is 16.2. The molecule has 1 unspecified atom stereocenters. The van der Waals surface area contributed by atoms with Crippen LogP contribution >= 0.6 is 0 Å². The number of rotatable bonds is 8. The van der Waals surface area contributed by atoms with Crippen LogP contribution in [0.5, 0.6) is 0 Å². The van der Waals surface area contributed by atoms with Crippen LogP contribution in [-0.2, 0) is 11.2 Å². The molecular formula is C26H35N7O. The average Bonchev–Trinajstić information content (AvgIpc) is 3.29. The number of nitriles is 1. The van der Waals surface area contributed by atoms with E-state index in [2.05, 4.69) is 39.5 Å². The van der Waals surface area contributed by atoms with Crippen LogP contribution in [0.4, 0.5) is 17.5 Å². The molecule has 2 saturated heterocycles. The van der Waals surface area contributed by atoms with E-state index in [9.17, 15) is 10.1 Å². The maximum Gasteiger partial charge on any atom is 0.234 e. The van der Waals surface area contributed by atoms with Crippen LogP contribution in [-0.4, -0.2) is 59.5 Å². The van der Waals surface area contributed by atoms with Crippen LogP contribution in [0.15, 0.2) is 24.3 Å². The van der Waals surface area contributed by atoms with Gasteiger partial charge in [-0.3, -0.25) is 9.69 Å². The van der Waals surface area contributed by atoms with Crippen LogP contribution in [0.2, 0.25) is 0 Å². The minimum absolute atomic E-state index is 0.123. The molecule has 2 aromatic rings. The zero-order valence-electron chi connectivity index (χ0n) is 20.3. The number of nitrogens with one attached hydrogen (secondary N) is 2. The summed E-state index contributed by atoms with van der Waals surface area (Å²) in [5, 5.41) is 15.8. The van der Waals surface area contributed by atoms with E-state index in [0.29, 0.717) is 18.1 Å². The fourth-order valence-electron chi connectivity index (χ4n) is 4.71. The Morgan fingerprint density at radius 3 is 2.76 bits per heavy atom. The van der Waals surface area contributed by atoms with Gasteiger partial charge in [-0.15, -0.1) is 0 Å². The molecule has 0 saturated carbocycles. The highest BCUT2D eigenvalue weighted by Crippen LogP contribution is 2.24. The van der Waals surface area contributed by atoms with Gasteiger partial charge in [0.25, 0.3) is 0 Å². The van der Waals surface area contributed by atoms with E-state index >= 15 is 0 Å². The van der Waals surface area contributed by atoms with Gasteiger partial charge in [0.15, 0.2) is 0 Å². The van der Waals surface area contributed by atoms with Crippen LogP contribution in [0.25, 0.3) is 0 Å². The smallest absolute Gasteiger partial charge is 0.234 e. The molecule has 1 aromatic carbocycles. The number of nitrogens with zero attached hydrogens (tertiary/aromatic N) is 5. The Kier molecular flexibility index (Phi) is 7.96. The Balaban J connectivity index is 1.42. The number of hydrogen-bond acceptors (Lipinski definition) is 7. The Hall–Kier alpha value is -3.18. The van der Waals surface area contributed by atoms with Crippen molar-refractivity contribution in [1.82, 2.24) is 20.2 Å². The average molecular weight is 462 g/mol. The summed E-state index contributed by atoms with van der Waals surface area (Å²) in [6, 6.07) is 10.1. The molecule has 180 valence electrons. The van der Waals surface area contributed by atoms with Gasteiger partial charge in [-0.05, 0) is 63.4 Å². The van der Waals surface area contributed by atoms with Crippen LogP contribution in [0.3, 0.4) is 0 Å². The van der Waals surface area contributed by atoms with Gasteiger partial charge < -0.3 is 15.5 Å². The van der Waals surface area contributed by atoms with Crippen molar-refractivity contribution in [3.63, 3.8) is 0 Å². The van der Waals surface area contributed by atoms with Gasteiger partial charge >= 0.3 is 0 Å². The Morgan fingerprint density at radius 2 is 2.00 bits per heavy atom. The lowest BCUT2D eigenvalue weighted by Gasteiger charge is -2.26. The first-order valence-corrected chi connectivity index (χ1v) is 12.5. The van der Waals surface area contributed by atoms with Gasteiger partial charge in [0.05, 0.1) is 18.2 Å². The lowest BCUT2D eigenvalue weighted by molar-refractivity contribution is -0.123. The lowest BCUT2D eigenvalue weighted by atomic mass is 10.1. The summed E-state index contributed by atoms with van der Waals surface area (Å²) in [4.78, 5) is 26.5. The Labute approximate surface area is 202 Å². The second-order valence-corrected chi connectivity index (χ2v) is 9.39. The molecule has 1 atom stereocenters. The number of piperidine rings is 1. The van der Waals surface area contributed by atoms with Gasteiger partial charge in [-0.2, -0.15) is 10.2 Å². The van der Waals surface area contributed by atoms with Crippen molar-refractivity contribution in [2.75, 3.05) is 42.9 Å². The molecule has 1 aromatic heterocycles. The highest BCUT2D eigenvalue weighted by molar-refractivity contribution is 5.78. The minimum atomic E-state index is 0.123. The van der Waals surface area contributed by atoms with Crippen molar-refractivity contribution in [2.45, 2.75) is 58.4 Å².